The first-order valence-electron chi connectivity index (χ1n) is 9.54. The third-order valence-electron chi connectivity index (χ3n) is 5.34. The number of carbonyl (C=O) groups is 1. The van der Waals surface area contributed by atoms with Gasteiger partial charge in [0.1, 0.15) is 17.9 Å². The molecule has 5 nitrogen and oxygen atoms in total. The Labute approximate surface area is 181 Å². The summed E-state index contributed by atoms with van der Waals surface area (Å²) in [5.41, 5.74) is 7.20. The third kappa shape index (κ3) is 4.53. The van der Waals surface area contributed by atoms with E-state index in [1.165, 1.54) is 0 Å². The molecule has 0 saturated carbocycles. The zero-order valence-corrected chi connectivity index (χ0v) is 17.5. The lowest BCUT2D eigenvalue weighted by atomic mass is 9.97. The van der Waals surface area contributed by atoms with Crippen molar-refractivity contribution in [3.8, 4) is 5.75 Å². The van der Waals surface area contributed by atoms with Crippen molar-refractivity contribution in [1.82, 2.24) is 4.90 Å². The largest absolute Gasteiger partial charge is 0.487 e. The van der Waals surface area contributed by atoms with Gasteiger partial charge in [0.2, 0.25) is 0 Å². The monoisotopic (exact) mass is 434 g/mol. The number of para-hydroxylation sites is 2. The van der Waals surface area contributed by atoms with Gasteiger partial charge in [-0.25, -0.2) is 0 Å². The van der Waals surface area contributed by atoms with Crippen LogP contribution in [-0.4, -0.2) is 30.4 Å². The van der Waals surface area contributed by atoms with Crippen molar-refractivity contribution in [3.63, 3.8) is 0 Å². The van der Waals surface area contributed by atoms with Crippen LogP contribution in [0.4, 0.5) is 0 Å². The molecule has 3 aromatic rings. The van der Waals surface area contributed by atoms with E-state index < -0.39 is 0 Å². The second-order valence-electron chi connectivity index (χ2n) is 7.10. The van der Waals surface area contributed by atoms with E-state index in [0.29, 0.717) is 47.7 Å². The molecule has 0 bridgehead atoms. The summed E-state index contributed by atoms with van der Waals surface area (Å²) in [5.74, 6) is 1.32. The molecule has 2 heterocycles. The van der Waals surface area contributed by atoms with Crippen LogP contribution < -0.4 is 10.5 Å². The predicted octanol–water partition coefficient (Wildman–Crippen LogP) is 4.90. The summed E-state index contributed by atoms with van der Waals surface area (Å²) >= 11 is 6.20. The van der Waals surface area contributed by atoms with Gasteiger partial charge in [-0.2, -0.15) is 0 Å². The first-order chi connectivity index (χ1) is 13.7. The number of benzene rings is 2. The van der Waals surface area contributed by atoms with Gasteiger partial charge in [0.05, 0.1) is 5.02 Å². The maximum atomic E-state index is 13.2. The van der Waals surface area contributed by atoms with Crippen molar-refractivity contribution in [2.75, 3.05) is 19.6 Å². The highest BCUT2D eigenvalue weighted by atomic mass is 35.5. The number of ether oxygens (including phenoxy) is 1. The molecular formula is C22H24Cl2N2O3. The number of hydrogen-bond acceptors (Lipinski definition) is 4. The molecule has 0 spiro atoms. The SMILES string of the molecule is Cl.NCC1CCN(C(=O)c2oc3ccccc3c2COc2ccccc2Cl)CC1. The first-order valence-corrected chi connectivity index (χ1v) is 9.92. The van der Waals surface area contributed by atoms with E-state index >= 15 is 0 Å². The predicted molar refractivity (Wildman–Crippen MR) is 117 cm³/mol. The molecule has 1 aromatic heterocycles. The van der Waals surface area contributed by atoms with Gasteiger partial charge in [0.15, 0.2) is 5.76 Å². The van der Waals surface area contributed by atoms with Crippen molar-refractivity contribution in [2.24, 2.45) is 11.7 Å². The number of rotatable bonds is 5. The average molecular weight is 435 g/mol. The van der Waals surface area contributed by atoms with E-state index in [0.717, 1.165) is 23.8 Å². The number of furan rings is 1. The Kier molecular flexibility index (Phi) is 7.06. The van der Waals surface area contributed by atoms with Crippen LogP contribution >= 0.6 is 24.0 Å². The van der Waals surface area contributed by atoms with Gasteiger partial charge in [-0.15, -0.1) is 12.4 Å². The van der Waals surface area contributed by atoms with Crippen molar-refractivity contribution in [3.05, 3.63) is 64.9 Å². The van der Waals surface area contributed by atoms with E-state index in [4.69, 9.17) is 26.5 Å². The van der Waals surface area contributed by atoms with Gasteiger partial charge >= 0.3 is 0 Å². The molecule has 7 heteroatoms. The molecule has 1 fully saturated rings. The van der Waals surface area contributed by atoms with Crippen molar-refractivity contribution in [1.29, 1.82) is 0 Å². The number of carbonyl (C=O) groups excluding carboxylic acids is 1. The lowest BCUT2D eigenvalue weighted by Crippen LogP contribution is -2.40. The topological polar surface area (TPSA) is 68.7 Å². The molecule has 29 heavy (non-hydrogen) atoms. The number of nitrogens with zero attached hydrogens (tertiary/aromatic N) is 1. The highest BCUT2D eigenvalue weighted by Crippen LogP contribution is 2.31. The standard InChI is InChI=1S/C22H23ClN2O3.ClH/c23-18-6-2-4-8-20(18)27-14-17-16-5-1-3-7-19(16)28-21(17)22(26)25-11-9-15(13-24)10-12-25;/h1-8,15H,9-14,24H2;1H. The van der Waals surface area contributed by atoms with E-state index in [1.54, 1.807) is 6.07 Å². The Balaban J connectivity index is 0.00000240. The number of piperidine rings is 1. The van der Waals surface area contributed by atoms with Crippen molar-refractivity contribution in [2.45, 2.75) is 19.4 Å². The number of nitrogens with two attached hydrogens (primary N) is 1. The zero-order valence-electron chi connectivity index (χ0n) is 16.0. The Bertz CT molecular complexity index is 981. The van der Waals surface area contributed by atoms with E-state index in [-0.39, 0.29) is 24.9 Å². The second-order valence-corrected chi connectivity index (χ2v) is 7.50. The van der Waals surface area contributed by atoms with Gasteiger partial charge < -0.3 is 19.8 Å². The number of halogens is 2. The van der Waals surface area contributed by atoms with Crippen LogP contribution in [0.1, 0.15) is 29.0 Å². The summed E-state index contributed by atoms with van der Waals surface area (Å²) in [4.78, 5) is 15.0. The van der Waals surface area contributed by atoms with Crippen molar-refractivity contribution < 1.29 is 13.9 Å². The summed E-state index contributed by atoms with van der Waals surface area (Å²) in [5, 5.41) is 1.42. The number of fused-ring (bicyclic) bond motifs is 1. The van der Waals surface area contributed by atoms with Gasteiger partial charge in [0.25, 0.3) is 5.91 Å². The van der Waals surface area contributed by atoms with Crippen LogP contribution in [0.2, 0.25) is 5.02 Å². The molecule has 1 amide bonds. The molecule has 0 unspecified atom stereocenters. The fraction of sp³-hybridized carbons (Fsp3) is 0.318. The number of amides is 1. The summed E-state index contributed by atoms with van der Waals surface area (Å²) in [6.45, 7) is 2.27. The fourth-order valence-corrected chi connectivity index (χ4v) is 3.83. The Morgan fingerprint density at radius 2 is 1.83 bits per heavy atom. The molecule has 0 aliphatic carbocycles. The molecule has 1 aliphatic rings. The van der Waals surface area contributed by atoms with Crippen LogP contribution in [0.25, 0.3) is 11.0 Å². The van der Waals surface area contributed by atoms with Crippen LogP contribution in [0.5, 0.6) is 5.75 Å². The minimum absolute atomic E-state index is 0. The first kappa shape index (κ1) is 21.5. The lowest BCUT2D eigenvalue weighted by Gasteiger charge is -2.31. The molecule has 0 radical (unpaired) electrons. The third-order valence-corrected chi connectivity index (χ3v) is 5.65. The summed E-state index contributed by atoms with van der Waals surface area (Å²) in [6, 6.07) is 14.9. The molecule has 0 atom stereocenters. The minimum atomic E-state index is -0.0931. The highest BCUT2D eigenvalue weighted by molar-refractivity contribution is 6.32. The quantitative estimate of drug-likeness (QED) is 0.619. The maximum absolute atomic E-state index is 13.2. The lowest BCUT2D eigenvalue weighted by molar-refractivity contribution is 0.0660. The maximum Gasteiger partial charge on any atom is 0.290 e. The highest BCUT2D eigenvalue weighted by Gasteiger charge is 2.28. The summed E-state index contributed by atoms with van der Waals surface area (Å²) in [6.07, 6.45) is 1.85. The number of likely N-dealkylation sites (tertiary alicyclic amines) is 1. The van der Waals surface area contributed by atoms with E-state index in [1.807, 2.05) is 47.4 Å². The normalized spacial score (nSPS) is 14.6. The zero-order chi connectivity index (χ0) is 19.5. The smallest absolute Gasteiger partial charge is 0.290 e. The van der Waals surface area contributed by atoms with E-state index in [9.17, 15) is 4.79 Å². The van der Waals surface area contributed by atoms with Gasteiger partial charge in [0, 0.05) is 24.0 Å². The van der Waals surface area contributed by atoms with Crippen LogP contribution in [0.15, 0.2) is 52.9 Å². The Hall–Kier alpha value is -2.21. The fourth-order valence-electron chi connectivity index (χ4n) is 3.64. The van der Waals surface area contributed by atoms with Gasteiger partial charge in [-0.3, -0.25) is 4.79 Å². The summed E-state index contributed by atoms with van der Waals surface area (Å²) < 4.78 is 11.9. The van der Waals surface area contributed by atoms with Gasteiger partial charge in [-0.1, -0.05) is 41.9 Å². The Morgan fingerprint density at radius 3 is 2.55 bits per heavy atom. The molecule has 4 rings (SSSR count). The molecule has 1 aliphatic heterocycles. The van der Waals surface area contributed by atoms with Crippen LogP contribution in [0, 0.1) is 5.92 Å². The molecule has 154 valence electrons. The average Bonchev–Trinajstić information content (AvgIpc) is 3.11. The Morgan fingerprint density at radius 1 is 1.14 bits per heavy atom. The minimum Gasteiger partial charge on any atom is -0.487 e. The number of hydrogen-bond donors (Lipinski definition) is 1. The van der Waals surface area contributed by atoms with Gasteiger partial charge in [-0.05, 0) is 43.5 Å². The molecule has 1 saturated heterocycles. The summed E-state index contributed by atoms with van der Waals surface area (Å²) in [7, 11) is 0. The van der Waals surface area contributed by atoms with Crippen molar-refractivity contribution >= 4 is 40.9 Å². The second kappa shape index (κ2) is 9.53. The molecular weight excluding hydrogens is 411 g/mol. The van der Waals surface area contributed by atoms with Crippen LogP contribution in [0.3, 0.4) is 0 Å². The molecule has 2 aromatic carbocycles. The molecule has 2 N–H and O–H groups in total. The van der Waals surface area contributed by atoms with E-state index in [2.05, 4.69) is 0 Å². The van der Waals surface area contributed by atoms with Crippen LogP contribution in [-0.2, 0) is 6.61 Å².